The molecule has 2 heteroatoms. The first-order valence-corrected chi connectivity index (χ1v) is 7.22. The molecule has 2 nitrogen and oxygen atoms in total. The maximum Gasteiger partial charge on any atom is 0.160 e. The summed E-state index contributed by atoms with van der Waals surface area (Å²) >= 11 is 0. The van der Waals surface area contributed by atoms with Crippen LogP contribution in [0, 0.1) is 0 Å². The summed E-state index contributed by atoms with van der Waals surface area (Å²) in [6.45, 7) is 4.35. The molecule has 0 aliphatic carbocycles. The van der Waals surface area contributed by atoms with Crippen LogP contribution in [-0.4, -0.2) is 10.2 Å². The van der Waals surface area contributed by atoms with Crippen molar-refractivity contribution in [2.45, 2.75) is 65.2 Å². The summed E-state index contributed by atoms with van der Waals surface area (Å²) in [4.78, 5) is 0. The van der Waals surface area contributed by atoms with E-state index in [0.29, 0.717) is 0 Å². The average Bonchev–Trinajstić information content (AvgIpc) is 2.37. The molecular weight excluding hydrogens is 224 g/mol. The van der Waals surface area contributed by atoms with E-state index in [1.54, 1.807) is 6.07 Å². The molecule has 0 amide bonds. The third-order valence-corrected chi connectivity index (χ3v) is 3.35. The second-order valence-corrected chi connectivity index (χ2v) is 5.04. The zero-order valence-corrected chi connectivity index (χ0v) is 11.7. The molecular formula is C16H26O2. The highest BCUT2D eigenvalue weighted by Gasteiger charge is 2.08. The minimum Gasteiger partial charge on any atom is -0.504 e. The van der Waals surface area contributed by atoms with Crippen LogP contribution in [0.25, 0.3) is 0 Å². The molecule has 1 aromatic rings. The predicted molar refractivity (Wildman–Crippen MR) is 76.2 cm³/mol. The van der Waals surface area contributed by atoms with Crippen molar-refractivity contribution < 1.29 is 10.2 Å². The number of unbranched alkanes of at least 4 members (excludes halogenated alkanes) is 4. The first-order valence-electron chi connectivity index (χ1n) is 7.22. The Bertz CT molecular complexity index is 358. The SMILES string of the molecule is CCCCCCc1cc(CCCC)cc(O)c1O. The van der Waals surface area contributed by atoms with Crippen molar-refractivity contribution in [3.63, 3.8) is 0 Å². The van der Waals surface area contributed by atoms with Crippen LogP contribution in [0.1, 0.15) is 63.5 Å². The van der Waals surface area contributed by atoms with Crippen LogP contribution in [0.4, 0.5) is 0 Å². The van der Waals surface area contributed by atoms with E-state index in [9.17, 15) is 10.2 Å². The molecule has 0 aromatic heterocycles. The van der Waals surface area contributed by atoms with E-state index in [2.05, 4.69) is 19.9 Å². The highest BCUT2D eigenvalue weighted by Crippen LogP contribution is 2.32. The fourth-order valence-electron chi connectivity index (χ4n) is 2.20. The number of aryl methyl sites for hydroxylation is 2. The third-order valence-electron chi connectivity index (χ3n) is 3.35. The van der Waals surface area contributed by atoms with Gasteiger partial charge in [-0.05, 0) is 42.9 Å². The largest absolute Gasteiger partial charge is 0.504 e. The minimum absolute atomic E-state index is 0.0362. The van der Waals surface area contributed by atoms with E-state index >= 15 is 0 Å². The van der Waals surface area contributed by atoms with E-state index in [1.165, 1.54) is 19.3 Å². The second-order valence-electron chi connectivity index (χ2n) is 5.04. The number of aromatic hydroxyl groups is 2. The number of hydrogen-bond acceptors (Lipinski definition) is 2. The maximum absolute atomic E-state index is 9.85. The molecule has 0 fully saturated rings. The zero-order valence-electron chi connectivity index (χ0n) is 11.7. The highest BCUT2D eigenvalue weighted by molar-refractivity contribution is 5.47. The fourth-order valence-corrected chi connectivity index (χ4v) is 2.20. The van der Waals surface area contributed by atoms with E-state index in [-0.39, 0.29) is 11.5 Å². The number of rotatable bonds is 8. The fraction of sp³-hybridized carbons (Fsp3) is 0.625. The Hall–Kier alpha value is -1.18. The van der Waals surface area contributed by atoms with Gasteiger partial charge in [-0.15, -0.1) is 0 Å². The summed E-state index contributed by atoms with van der Waals surface area (Å²) in [5.74, 6) is 0.112. The average molecular weight is 250 g/mol. The summed E-state index contributed by atoms with van der Waals surface area (Å²) < 4.78 is 0. The van der Waals surface area contributed by atoms with Gasteiger partial charge < -0.3 is 10.2 Å². The molecule has 18 heavy (non-hydrogen) atoms. The monoisotopic (exact) mass is 250 g/mol. The van der Waals surface area contributed by atoms with Gasteiger partial charge in [0, 0.05) is 0 Å². The van der Waals surface area contributed by atoms with Crippen molar-refractivity contribution in [1.29, 1.82) is 0 Å². The van der Waals surface area contributed by atoms with Gasteiger partial charge in [0.15, 0.2) is 11.5 Å². The van der Waals surface area contributed by atoms with Gasteiger partial charge in [-0.1, -0.05) is 45.6 Å². The van der Waals surface area contributed by atoms with E-state index < -0.39 is 0 Å². The van der Waals surface area contributed by atoms with E-state index in [1.807, 2.05) is 0 Å². The normalized spacial score (nSPS) is 10.8. The van der Waals surface area contributed by atoms with Crippen molar-refractivity contribution in [2.24, 2.45) is 0 Å². The summed E-state index contributed by atoms with van der Waals surface area (Å²) in [6, 6.07) is 3.75. The summed E-state index contributed by atoms with van der Waals surface area (Å²) in [7, 11) is 0. The van der Waals surface area contributed by atoms with Gasteiger partial charge in [0.05, 0.1) is 0 Å². The molecule has 0 bridgehead atoms. The quantitative estimate of drug-likeness (QED) is 0.524. The number of phenolic OH excluding ortho intramolecular Hbond substituents is 2. The van der Waals surface area contributed by atoms with Crippen LogP contribution in [-0.2, 0) is 12.8 Å². The number of benzene rings is 1. The van der Waals surface area contributed by atoms with Crippen molar-refractivity contribution in [1.82, 2.24) is 0 Å². The Morgan fingerprint density at radius 3 is 2.22 bits per heavy atom. The van der Waals surface area contributed by atoms with Crippen LogP contribution in [0.15, 0.2) is 12.1 Å². The Labute approximate surface area is 111 Å². The number of hydrogen-bond donors (Lipinski definition) is 2. The Kier molecular flexibility index (Phi) is 6.63. The molecule has 0 saturated heterocycles. The molecule has 0 saturated carbocycles. The third kappa shape index (κ3) is 4.59. The lowest BCUT2D eigenvalue weighted by Crippen LogP contribution is -1.92. The zero-order chi connectivity index (χ0) is 13.4. The van der Waals surface area contributed by atoms with Gasteiger partial charge >= 0.3 is 0 Å². The Balaban J connectivity index is 2.66. The lowest BCUT2D eigenvalue weighted by atomic mass is 9.99. The minimum atomic E-state index is 0.0362. The van der Waals surface area contributed by atoms with Gasteiger partial charge in [0.1, 0.15) is 0 Å². The first-order chi connectivity index (χ1) is 8.69. The van der Waals surface area contributed by atoms with Gasteiger partial charge in [-0.3, -0.25) is 0 Å². The van der Waals surface area contributed by atoms with Crippen molar-refractivity contribution in [3.8, 4) is 11.5 Å². The molecule has 102 valence electrons. The smallest absolute Gasteiger partial charge is 0.160 e. The first kappa shape index (κ1) is 14.9. The molecule has 0 unspecified atom stereocenters. The summed E-state index contributed by atoms with van der Waals surface area (Å²) in [6.07, 6.45) is 8.84. The topological polar surface area (TPSA) is 40.5 Å². The van der Waals surface area contributed by atoms with Crippen molar-refractivity contribution in [3.05, 3.63) is 23.3 Å². The molecule has 0 aliphatic heterocycles. The van der Waals surface area contributed by atoms with Gasteiger partial charge in [0.2, 0.25) is 0 Å². The summed E-state index contributed by atoms with van der Waals surface area (Å²) in [5.41, 5.74) is 2.04. The van der Waals surface area contributed by atoms with Crippen LogP contribution in [0.3, 0.4) is 0 Å². The molecule has 2 N–H and O–H groups in total. The van der Waals surface area contributed by atoms with Crippen molar-refractivity contribution >= 4 is 0 Å². The predicted octanol–water partition coefficient (Wildman–Crippen LogP) is 4.56. The molecule has 0 radical (unpaired) electrons. The molecule has 0 aliphatic rings. The Morgan fingerprint density at radius 2 is 1.56 bits per heavy atom. The molecule has 0 spiro atoms. The molecule has 0 heterocycles. The lowest BCUT2D eigenvalue weighted by Gasteiger charge is -2.10. The second kappa shape index (κ2) is 8.02. The van der Waals surface area contributed by atoms with Crippen LogP contribution < -0.4 is 0 Å². The lowest BCUT2D eigenvalue weighted by molar-refractivity contribution is 0.398. The molecule has 1 rings (SSSR count). The van der Waals surface area contributed by atoms with Gasteiger partial charge in [0.25, 0.3) is 0 Å². The van der Waals surface area contributed by atoms with E-state index in [0.717, 1.165) is 43.2 Å². The summed E-state index contributed by atoms with van der Waals surface area (Å²) in [5, 5.41) is 19.6. The van der Waals surface area contributed by atoms with E-state index in [4.69, 9.17) is 0 Å². The van der Waals surface area contributed by atoms with Crippen LogP contribution in [0.5, 0.6) is 11.5 Å². The Morgan fingerprint density at radius 1 is 0.833 bits per heavy atom. The highest BCUT2D eigenvalue weighted by atomic mass is 16.3. The maximum atomic E-state index is 9.85. The molecule has 1 aromatic carbocycles. The van der Waals surface area contributed by atoms with Gasteiger partial charge in [-0.25, -0.2) is 0 Å². The van der Waals surface area contributed by atoms with Crippen LogP contribution >= 0.6 is 0 Å². The number of phenols is 2. The molecule has 0 atom stereocenters. The van der Waals surface area contributed by atoms with Crippen LogP contribution in [0.2, 0.25) is 0 Å². The standard InChI is InChI=1S/C16H26O2/c1-3-5-7-8-10-14-11-13(9-6-4-2)12-15(17)16(14)18/h11-12,17-18H,3-10H2,1-2H3. The van der Waals surface area contributed by atoms with Gasteiger partial charge in [-0.2, -0.15) is 0 Å². The van der Waals surface area contributed by atoms with Crippen molar-refractivity contribution in [2.75, 3.05) is 0 Å².